The number of hydrogen-bond acceptors (Lipinski definition) is 4. The number of amides is 2. The smallest absolute Gasteiger partial charge is 0.318 e. The van der Waals surface area contributed by atoms with E-state index in [9.17, 15) is 13.2 Å². The number of hydrogen-bond donors (Lipinski definition) is 1. The number of aromatic nitrogens is 2. The minimum absolute atomic E-state index is 0.0517. The molecule has 2 atom stereocenters. The molecule has 2 heterocycles. The van der Waals surface area contributed by atoms with Crippen molar-refractivity contribution < 1.29 is 13.2 Å². The molecule has 0 spiro atoms. The van der Waals surface area contributed by atoms with Crippen LogP contribution < -0.4 is 5.32 Å². The number of carbonyl (C=O) groups is 1. The zero-order valence-corrected chi connectivity index (χ0v) is 14.1. The van der Waals surface area contributed by atoms with Gasteiger partial charge in [-0.25, -0.2) is 13.2 Å². The first-order valence-corrected chi connectivity index (χ1v) is 9.56. The SMILES string of the molecule is CC(CCS(C)(=O)=O)NC(=O)N1CCCC1c1cnn(C)c1. The molecule has 0 bridgehead atoms. The Morgan fingerprint density at radius 1 is 1.55 bits per heavy atom. The summed E-state index contributed by atoms with van der Waals surface area (Å²) in [6, 6.07) is -0.250. The monoisotopic (exact) mass is 328 g/mol. The summed E-state index contributed by atoms with van der Waals surface area (Å²) in [5, 5.41) is 7.06. The summed E-state index contributed by atoms with van der Waals surface area (Å²) in [7, 11) is -1.14. The second-order valence-electron chi connectivity index (χ2n) is 6.07. The summed E-state index contributed by atoms with van der Waals surface area (Å²) in [5.41, 5.74) is 1.04. The van der Waals surface area contributed by atoms with Crippen LogP contribution >= 0.6 is 0 Å². The van der Waals surface area contributed by atoms with Gasteiger partial charge in [-0.3, -0.25) is 4.68 Å². The molecule has 2 amide bonds. The fraction of sp³-hybridized carbons (Fsp3) is 0.714. The number of rotatable bonds is 5. The van der Waals surface area contributed by atoms with Crippen molar-refractivity contribution >= 4 is 15.9 Å². The Morgan fingerprint density at radius 2 is 2.27 bits per heavy atom. The van der Waals surface area contributed by atoms with Gasteiger partial charge in [0.25, 0.3) is 0 Å². The topological polar surface area (TPSA) is 84.3 Å². The Bertz CT molecular complexity index is 626. The number of sulfone groups is 1. The van der Waals surface area contributed by atoms with Crippen molar-refractivity contribution in [2.75, 3.05) is 18.6 Å². The number of nitrogens with zero attached hydrogens (tertiary/aromatic N) is 3. The lowest BCUT2D eigenvalue weighted by atomic mass is 10.1. The number of urea groups is 1. The summed E-state index contributed by atoms with van der Waals surface area (Å²) >= 11 is 0. The third-order valence-electron chi connectivity index (χ3n) is 3.91. The molecule has 7 nitrogen and oxygen atoms in total. The Kier molecular flexibility index (Phi) is 5.10. The van der Waals surface area contributed by atoms with E-state index in [1.165, 1.54) is 6.26 Å². The van der Waals surface area contributed by atoms with Gasteiger partial charge < -0.3 is 10.2 Å². The van der Waals surface area contributed by atoms with Crippen LogP contribution in [0.1, 0.15) is 37.8 Å². The van der Waals surface area contributed by atoms with Crippen molar-refractivity contribution in [3.05, 3.63) is 18.0 Å². The third-order valence-corrected chi connectivity index (χ3v) is 4.89. The van der Waals surface area contributed by atoms with E-state index in [1.54, 1.807) is 10.9 Å². The number of likely N-dealkylation sites (tertiary alicyclic amines) is 1. The van der Waals surface area contributed by atoms with Crippen LogP contribution in [-0.4, -0.2) is 53.7 Å². The number of aryl methyl sites for hydroxylation is 1. The minimum atomic E-state index is -3.00. The first-order chi connectivity index (χ1) is 10.3. The molecule has 22 heavy (non-hydrogen) atoms. The summed E-state index contributed by atoms with van der Waals surface area (Å²) in [5.74, 6) is 0.0838. The molecule has 1 aliphatic heterocycles. The van der Waals surface area contributed by atoms with Gasteiger partial charge in [0.1, 0.15) is 9.84 Å². The molecule has 1 aromatic rings. The molecule has 0 saturated carbocycles. The highest BCUT2D eigenvalue weighted by Crippen LogP contribution is 2.31. The molecule has 1 N–H and O–H groups in total. The highest BCUT2D eigenvalue weighted by molar-refractivity contribution is 7.90. The predicted molar refractivity (Wildman–Crippen MR) is 84.2 cm³/mol. The van der Waals surface area contributed by atoms with E-state index in [0.29, 0.717) is 13.0 Å². The van der Waals surface area contributed by atoms with Crippen LogP contribution in [0.3, 0.4) is 0 Å². The van der Waals surface area contributed by atoms with Crippen molar-refractivity contribution in [3.8, 4) is 0 Å². The lowest BCUT2D eigenvalue weighted by molar-refractivity contribution is 0.189. The van der Waals surface area contributed by atoms with Crippen LogP contribution in [0.25, 0.3) is 0 Å². The summed E-state index contributed by atoms with van der Waals surface area (Å²) in [6.45, 7) is 2.54. The van der Waals surface area contributed by atoms with Crippen molar-refractivity contribution in [2.45, 2.75) is 38.3 Å². The van der Waals surface area contributed by atoms with Crippen LogP contribution in [0.4, 0.5) is 4.79 Å². The summed E-state index contributed by atoms with van der Waals surface area (Å²) in [6.07, 6.45) is 7.25. The lowest BCUT2D eigenvalue weighted by Crippen LogP contribution is -2.43. The van der Waals surface area contributed by atoms with Gasteiger partial charge in [-0.05, 0) is 26.2 Å². The van der Waals surface area contributed by atoms with E-state index in [4.69, 9.17) is 0 Å². The molecule has 8 heteroatoms. The maximum absolute atomic E-state index is 12.4. The fourth-order valence-corrected chi connectivity index (χ4v) is 3.51. The van der Waals surface area contributed by atoms with E-state index < -0.39 is 9.84 Å². The summed E-state index contributed by atoms with van der Waals surface area (Å²) in [4.78, 5) is 14.2. The Morgan fingerprint density at radius 3 is 2.86 bits per heavy atom. The fourth-order valence-electron chi connectivity index (χ4n) is 2.73. The second-order valence-corrected chi connectivity index (χ2v) is 8.33. The highest BCUT2D eigenvalue weighted by atomic mass is 32.2. The average molecular weight is 328 g/mol. The Labute approximate surface area is 131 Å². The van der Waals surface area contributed by atoms with Gasteiger partial charge in [0.15, 0.2) is 0 Å². The molecule has 1 aliphatic rings. The van der Waals surface area contributed by atoms with Gasteiger partial charge in [0, 0.05) is 37.7 Å². The first-order valence-electron chi connectivity index (χ1n) is 7.49. The van der Waals surface area contributed by atoms with E-state index in [1.807, 2.05) is 25.1 Å². The standard InChI is InChI=1S/C14H24N4O3S/c1-11(6-8-22(3,20)21)16-14(19)18-7-4-5-13(18)12-9-15-17(2)10-12/h9-11,13H,4-8H2,1-3H3,(H,16,19). The largest absolute Gasteiger partial charge is 0.335 e. The quantitative estimate of drug-likeness (QED) is 0.877. The molecular formula is C14H24N4O3S. The van der Waals surface area contributed by atoms with Gasteiger partial charge >= 0.3 is 6.03 Å². The molecule has 0 aliphatic carbocycles. The zero-order valence-electron chi connectivity index (χ0n) is 13.3. The molecular weight excluding hydrogens is 304 g/mol. The van der Waals surface area contributed by atoms with Gasteiger partial charge in [-0.2, -0.15) is 5.10 Å². The minimum Gasteiger partial charge on any atom is -0.335 e. The van der Waals surface area contributed by atoms with Crippen molar-refractivity contribution in [1.29, 1.82) is 0 Å². The van der Waals surface area contributed by atoms with Gasteiger partial charge in [-0.15, -0.1) is 0 Å². The molecule has 1 saturated heterocycles. The molecule has 0 radical (unpaired) electrons. The zero-order chi connectivity index (χ0) is 16.3. The number of nitrogens with one attached hydrogen (secondary N) is 1. The molecule has 124 valence electrons. The van der Waals surface area contributed by atoms with Crippen molar-refractivity contribution in [1.82, 2.24) is 20.0 Å². The molecule has 2 rings (SSSR count). The summed E-state index contributed by atoms with van der Waals surface area (Å²) < 4.78 is 24.1. The maximum Gasteiger partial charge on any atom is 0.318 e. The van der Waals surface area contributed by atoms with Gasteiger partial charge in [0.05, 0.1) is 18.0 Å². The highest BCUT2D eigenvalue weighted by Gasteiger charge is 2.31. The molecule has 0 aromatic carbocycles. The van der Waals surface area contributed by atoms with Crippen LogP contribution in [-0.2, 0) is 16.9 Å². The van der Waals surface area contributed by atoms with Crippen LogP contribution in [0.15, 0.2) is 12.4 Å². The Hall–Kier alpha value is -1.57. The van der Waals surface area contributed by atoms with E-state index in [-0.39, 0.29) is 23.9 Å². The van der Waals surface area contributed by atoms with Crippen molar-refractivity contribution in [2.24, 2.45) is 7.05 Å². The normalized spacial score (nSPS) is 20.1. The second kappa shape index (κ2) is 6.68. The van der Waals surface area contributed by atoms with E-state index >= 15 is 0 Å². The van der Waals surface area contributed by atoms with Gasteiger partial charge in [-0.1, -0.05) is 0 Å². The predicted octanol–water partition coefficient (Wildman–Crippen LogP) is 1.09. The number of carbonyl (C=O) groups excluding carboxylic acids is 1. The molecule has 1 fully saturated rings. The van der Waals surface area contributed by atoms with E-state index in [0.717, 1.165) is 18.4 Å². The first kappa shape index (κ1) is 16.8. The van der Waals surface area contributed by atoms with Crippen molar-refractivity contribution in [3.63, 3.8) is 0 Å². The third kappa shape index (κ3) is 4.46. The van der Waals surface area contributed by atoms with Crippen LogP contribution in [0.2, 0.25) is 0 Å². The van der Waals surface area contributed by atoms with Gasteiger partial charge in [0.2, 0.25) is 0 Å². The molecule has 1 aromatic heterocycles. The maximum atomic E-state index is 12.4. The lowest BCUT2D eigenvalue weighted by Gasteiger charge is -2.26. The van der Waals surface area contributed by atoms with Crippen LogP contribution in [0.5, 0.6) is 0 Å². The average Bonchev–Trinajstić information content (AvgIpc) is 3.03. The van der Waals surface area contributed by atoms with Crippen LogP contribution in [0, 0.1) is 0 Å². The Balaban J connectivity index is 1.93. The molecule has 2 unspecified atom stereocenters. The van der Waals surface area contributed by atoms with E-state index in [2.05, 4.69) is 10.4 Å².